The van der Waals surface area contributed by atoms with Crippen molar-refractivity contribution in [3.05, 3.63) is 48.3 Å². The van der Waals surface area contributed by atoms with Gasteiger partial charge in [-0.05, 0) is 18.4 Å². The van der Waals surface area contributed by atoms with Crippen molar-refractivity contribution in [3.63, 3.8) is 0 Å². The molecule has 1 N–H and O–H groups in total. The van der Waals surface area contributed by atoms with Crippen LogP contribution in [0.4, 0.5) is 0 Å². The summed E-state index contributed by atoms with van der Waals surface area (Å²) in [5.41, 5.74) is 1.32. The Bertz CT molecular complexity index is 567. The van der Waals surface area contributed by atoms with E-state index >= 15 is 0 Å². The summed E-state index contributed by atoms with van der Waals surface area (Å²) in [5.74, 6) is 0.424. The Morgan fingerprint density at radius 2 is 2.05 bits per heavy atom. The molecule has 0 spiro atoms. The van der Waals surface area contributed by atoms with Gasteiger partial charge in [0.15, 0.2) is 0 Å². The molecule has 1 aliphatic rings. The van der Waals surface area contributed by atoms with Crippen LogP contribution in [0.2, 0.25) is 0 Å². The number of carbonyl (C=O) groups is 1. The van der Waals surface area contributed by atoms with Crippen molar-refractivity contribution in [3.8, 4) is 0 Å². The molecule has 2 atom stereocenters. The standard InChI is InChI=1S/C16H20N4O/c21-16(12-20-11-10-17-19-20)18-15-9-5-4-8-14(15)13-6-2-1-3-7-13/h1-3,6-7,10-11,14-15H,4-5,8-9,12H2,(H,18,21)/t14-,15+/m0/s1. The minimum Gasteiger partial charge on any atom is -0.351 e. The van der Waals surface area contributed by atoms with Crippen molar-refractivity contribution in [1.82, 2.24) is 20.3 Å². The van der Waals surface area contributed by atoms with E-state index in [1.165, 1.54) is 18.4 Å². The fourth-order valence-electron chi connectivity index (χ4n) is 3.12. The molecule has 21 heavy (non-hydrogen) atoms. The number of hydrogen-bond acceptors (Lipinski definition) is 3. The lowest BCUT2D eigenvalue weighted by atomic mass is 9.80. The Labute approximate surface area is 124 Å². The summed E-state index contributed by atoms with van der Waals surface area (Å²) in [6, 6.07) is 10.7. The summed E-state index contributed by atoms with van der Waals surface area (Å²) in [6.07, 6.45) is 7.88. The Balaban J connectivity index is 1.66. The third kappa shape index (κ3) is 3.48. The zero-order chi connectivity index (χ0) is 14.5. The molecule has 1 heterocycles. The van der Waals surface area contributed by atoms with E-state index in [-0.39, 0.29) is 18.5 Å². The monoisotopic (exact) mass is 284 g/mol. The van der Waals surface area contributed by atoms with E-state index in [0.717, 1.165) is 12.8 Å². The second kappa shape index (κ2) is 6.52. The molecule has 0 aliphatic heterocycles. The van der Waals surface area contributed by atoms with Crippen molar-refractivity contribution in [2.24, 2.45) is 0 Å². The predicted octanol–water partition coefficient (Wildman–Crippen LogP) is 2.12. The molecule has 1 fully saturated rings. The second-order valence-corrected chi connectivity index (χ2v) is 5.58. The number of nitrogens with zero attached hydrogens (tertiary/aromatic N) is 3. The Morgan fingerprint density at radius 1 is 1.24 bits per heavy atom. The van der Waals surface area contributed by atoms with Crippen LogP contribution in [-0.2, 0) is 11.3 Å². The molecule has 1 aliphatic carbocycles. The lowest BCUT2D eigenvalue weighted by Gasteiger charge is -2.32. The number of aromatic nitrogens is 3. The third-order valence-corrected chi connectivity index (χ3v) is 4.12. The average molecular weight is 284 g/mol. The van der Waals surface area contributed by atoms with E-state index in [9.17, 15) is 4.79 Å². The minimum atomic E-state index is 0.00771. The molecule has 5 nitrogen and oxygen atoms in total. The van der Waals surface area contributed by atoms with Crippen LogP contribution < -0.4 is 5.32 Å². The molecule has 1 aromatic heterocycles. The number of carbonyl (C=O) groups excluding carboxylic acids is 1. The first-order valence-corrected chi connectivity index (χ1v) is 7.51. The van der Waals surface area contributed by atoms with Crippen LogP contribution in [0.15, 0.2) is 42.7 Å². The lowest BCUT2D eigenvalue weighted by Crippen LogP contribution is -2.42. The van der Waals surface area contributed by atoms with E-state index in [4.69, 9.17) is 0 Å². The van der Waals surface area contributed by atoms with E-state index in [1.54, 1.807) is 17.1 Å². The summed E-state index contributed by atoms with van der Waals surface area (Å²) in [4.78, 5) is 12.2. The van der Waals surface area contributed by atoms with Crippen molar-refractivity contribution in [2.45, 2.75) is 44.2 Å². The lowest BCUT2D eigenvalue weighted by molar-refractivity contribution is -0.122. The summed E-state index contributed by atoms with van der Waals surface area (Å²) in [7, 11) is 0. The van der Waals surface area contributed by atoms with E-state index in [1.807, 2.05) is 6.07 Å². The van der Waals surface area contributed by atoms with Crippen LogP contribution in [0.3, 0.4) is 0 Å². The van der Waals surface area contributed by atoms with Gasteiger partial charge in [0.1, 0.15) is 6.54 Å². The topological polar surface area (TPSA) is 59.8 Å². The Hall–Kier alpha value is -2.17. The predicted molar refractivity (Wildman–Crippen MR) is 79.6 cm³/mol. The molecule has 3 rings (SSSR count). The Morgan fingerprint density at radius 3 is 2.81 bits per heavy atom. The molecule has 5 heteroatoms. The zero-order valence-corrected chi connectivity index (χ0v) is 12.0. The normalized spacial score (nSPS) is 21.9. The molecule has 1 amide bonds. The number of amides is 1. The number of hydrogen-bond donors (Lipinski definition) is 1. The smallest absolute Gasteiger partial charge is 0.242 e. The first-order chi connectivity index (χ1) is 10.3. The maximum absolute atomic E-state index is 12.2. The molecule has 1 aromatic carbocycles. The third-order valence-electron chi connectivity index (χ3n) is 4.12. The van der Waals surface area contributed by atoms with Gasteiger partial charge in [0.05, 0.1) is 6.20 Å². The van der Waals surface area contributed by atoms with Gasteiger partial charge in [-0.15, -0.1) is 5.10 Å². The molecule has 0 saturated heterocycles. The van der Waals surface area contributed by atoms with Crippen LogP contribution in [0.1, 0.15) is 37.2 Å². The highest BCUT2D eigenvalue weighted by molar-refractivity contribution is 5.76. The van der Waals surface area contributed by atoms with Gasteiger partial charge in [-0.25, -0.2) is 4.68 Å². The van der Waals surface area contributed by atoms with Gasteiger partial charge in [-0.3, -0.25) is 4.79 Å². The van der Waals surface area contributed by atoms with E-state index < -0.39 is 0 Å². The van der Waals surface area contributed by atoms with E-state index in [2.05, 4.69) is 39.9 Å². The second-order valence-electron chi connectivity index (χ2n) is 5.58. The average Bonchev–Trinajstić information content (AvgIpc) is 3.01. The quantitative estimate of drug-likeness (QED) is 0.935. The molecule has 2 aromatic rings. The maximum atomic E-state index is 12.2. The minimum absolute atomic E-state index is 0.00771. The maximum Gasteiger partial charge on any atom is 0.242 e. The first-order valence-electron chi connectivity index (χ1n) is 7.51. The molecule has 110 valence electrons. The number of rotatable bonds is 4. The van der Waals surface area contributed by atoms with Gasteiger partial charge in [0, 0.05) is 18.2 Å². The van der Waals surface area contributed by atoms with Crippen LogP contribution in [0.25, 0.3) is 0 Å². The molecule has 0 bridgehead atoms. The van der Waals surface area contributed by atoms with Crippen molar-refractivity contribution in [2.75, 3.05) is 0 Å². The van der Waals surface area contributed by atoms with Gasteiger partial charge in [0.25, 0.3) is 0 Å². The van der Waals surface area contributed by atoms with Crippen molar-refractivity contribution >= 4 is 5.91 Å². The van der Waals surface area contributed by atoms with Crippen molar-refractivity contribution in [1.29, 1.82) is 0 Å². The van der Waals surface area contributed by atoms with Crippen LogP contribution in [-0.4, -0.2) is 26.9 Å². The molecule has 0 unspecified atom stereocenters. The fourth-order valence-corrected chi connectivity index (χ4v) is 3.12. The zero-order valence-electron chi connectivity index (χ0n) is 12.0. The fraction of sp³-hybridized carbons (Fsp3) is 0.438. The van der Waals surface area contributed by atoms with Gasteiger partial charge >= 0.3 is 0 Å². The van der Waals surface area contributed by atoms with Crippen molar-refractivity contribution < 1.29 is 4.79 Å². The Kier molecular flexibility index (Phi) is 4.28. The summed E-state index contributed by atoms with van der Waals surface area (Å²) >= 11 is 0. The van der Waals surface area contributed by atoms with Crippen LogP contribution in [0.5, 0.6) is 0 Å². The van der Waals surface area contributed by atoms with Gasteiger partial charge in [-0.1, -0.05) is 48.4 Å². The summed E-state index contributed by atoms with van der Waals surface area (Å²) in [5, 5.41) is 10.7. The van der Waals surface area contributed by atoms with E-state index in [0.29, 0.717) is 5.92 Å². The molecular weight excluding hydrogens is 264 g/mol. The SMILES string of the molecule is O=C(Cn1ccnn1)N[C@@H]1CCCC[C@H]1c1ccccc1. The highest BCUT2D eigenvalue weighted by Gasteiger charge is 2.27. The summed E-state index contributed by atoms with van der Waals surface area (Å²) < 4.78 is 1.55. The van der Waals surface area contributed by atoms with Gasteiger partial charge < -0.3 is 5.32 Å². The molecular formula is C16H20N4O. The first kappa shape index (κ1) is 13.8. The molecule has 1 saturated carbocycles. The van der Waals surface area contributed by atoms with Gasteiger partial charge in [0.2, 0.25) is 5.91 Å². The van der Waals surface area contributed by atoms with Gasteiger partial charge in [-0.2, -0.15) is 0 Å². The largest absolute Gasteiger partial charge is 0.351 e. The number of nitrogens with one attached hydrogen (secondary N) is 1. The molecule has 0 radical (unpaired) electrons. The highest BCUT2D eigenvalue weighted by Crippen LogP contribution is 2.32. The summed E-state index contributed by atoms with van der Waals surface area (Å²) in [6.45, 7) is 0.234. The van der Waals surface area contributed by atoms with Crippen LogP contribution in [0, 0.1) is 0 Å². The number of benzene rings is 1. The highest BCUT2D eigenvalue weighted by atomic mass is 16.2. The van der Waals surface area contributed by atoms with Crippen LogP contribution >= 0.6 is 0 Å².